The van der Waals surface area contributed by atoms with Crippen LogP contribution in [0.4, 0.5) is 0 Å². The lowest BCUT2D eigenvalue weighted by molar-refractivity contribution is -0.391. The van der Waals surface area contributed by atoms with Gasteiger partial charge in [0, 0.05) is 0 Å². The second-order valence-electron chi connectivity index (χ2n) is 8.76. The zero-order valence-electron chi connectivity index (χ0n) is 13.7. The van der Waals surface area contributed by atoms with Crippen molar-refractivity contribution in [2.24, 2.45) is 34.5 Å². The number of hydrogen-bond acceptors (Lipinski definition) is 3. The second kappa shape index (κ2) is 4.81. The summed E-state index contributed by atoms with van der Waals surface area (Å²) in [6.45, 7) is 2.48. The molecule has 6 atom stereocenters. The molecule has 0 radical (unpaired) electrons. The predicted molar refractivity (Wildman–Crippen MR) is 84.6 cm³/mol. The molecule has 0 spiro atoms. The minimum Gasteiger partial charge on any atom is -0.343 e. The summed E-state index contributed by atoms with van der Waals surface area (Å²) in [6, 6.07) is 0. The van der Waals surface area contributed by atoms with E-state index >= 15 is 0 Å². The molecule has 1 unspecified atom stereocenters. The number of fused-ring (bicyclic) bond motifs is 5. The Morgan fingerprint density at radius 1 is 0.864 bits per heavy atom. The molecule has 3 heteroatoms. The summed E-state index contributed by atoms with van der Waals surface area (Å²) >= 11 is 0. The molecule has 4 rings (SSSR count). The van der Waals surface area contributed by atoms with Crippen LogP contribution in [0.1, 0.15) is 64.7 Å². The van der Waals surface area contributed by atoms with E-state index in [9.17, 15) is 15.3 Å². The molecule has 0 saturated heterocycles. The first-order chi connectivity index (χ1) is 10.4. The summed E-state index contributed by atoms with van der Waals surface area (Å²) in [5.74, 6) is -0.513. The first-order valence-corrected chi connectivity index (χ1v) is 9.24. The van der Waals surface area contributed by atoms with Gasteiger partial charge in [0.1, 0.15) is 0 Å². The van der Waals surface area contributed by atoms with Crippen molar-refractivity contribution in [3.8, 4) is 0 Å². The first kappa shape index (κ1) is 15.2. The number of allylic oxidation sites excluding steroid dienone is 2. The number of aliphatic hydroxyl groups is 3. The highest BCUT2D eigenvalue weighted by Crippen LogP contribution is 2.66. The molecular formula is C19H30O3. The maximum absolute atomic E-state index is 10.1. The van der Waals surface area contributed by atoms with E-state index in [0.29, 0.717) is 23.2 Å². The summed E-state index contributed by atoms with van der Waals surface area (Å²) < 4.78 is 0. The van der Waals surface area contributed by atoms with Crippen LogP contribution in [0.25, 0.3) is 0 Å². The van der Waals surface area contributed by atoms with Gasteiger partial charge in [-0.05, 0) is 67.6 Å². The lowest BCUT2D eigenvalue weighted by Gasteiger charge is -2.59. The standard InChI is InChI=1S/C19H30O3/c1-17-10-3-2-5-13(17)7-8-14-15(17)9-12-18(19(20,21)22)11-4-6-16(14)18/h7-8,13-16,20-22H,2-6,9-12H2,1H3/t13?,14-,15+,16+,17+,18-/m1/s1. The molecule has 3 fully saturated rings. The van der Waals surface area contributed by atoms with Crippen LogP contribution in [0.5, 0.6) is 0 Å². The molecule has 0 aromatic rings. The molecule has 124 valence electrons. The quantitative estimate of drug-likeness (QED) is 0.515. The van der Waals surface area contributed by atoms with Crippen molar-refractivity contribution in [1.29, 1.82) is 0 Å². The van der Waals surface area contributed by atoms with Crippen molar-refractivity contribution in [3.05, 3.63) is 12.2 Å². The number of rotatable bonds is 1. The van der Waals surface area contributed by atoms with Gasteiger partial charge in [0.2, 0.25) is 0 Å². The van der Waals surface area contributed by atoms with Crippen LogP contribution in [0.3, 0.4) is 0 Å². The van der Waals surface area contributed by atoms with Gasteiger partial charge < -0.3 is 15.3 Å². The molecule has 3 nitrogen and oxygen atoms in total. The zero-order chi connectivity index (χ0) is 15.6. The van der Waals surface area contributed by atoms with Gasteiger partial charge in [-0.3, -0.25) is 0 Å². The van der Waals surface area contributed by atoms with E-state index in [2.05, 4.69) is 19.1 Å². The van der Waals surface area contributed by atoms with Gasteiger partial charge in [0.15, 0.2) is 0 Å². The lowest BCUT2D eigenvalue weighted by atomic mass is 9.47. The predicted octanol–water partition coefficient (Wildman–Crippen LogP) is 3.20. The van der Waals surface area contributed by atoms with Crippen molar-refractivity contribution < 1.29 is 15.3 Å². The summed E-state index contributed by atoms with van der Waals surface area (Å²) in [5.41, 5.74) is -0.314. The highest BCUT2D eigenvalue weighted by Gasteiger charge is 2.63. The van der Waals surface area contributed by atoms with Gasteiger partial charge in [-0.15, -0.1) is 0 Å². The third kappa shape index (κ3) is 1.85. The minimum atomic E-state index is -2.52. The molecule has 0 amide bonds. The van der Waals surface area contributed by atoms with Gasteiger partial charge in [0.25, 0.3) is 5.97 Å². The zero-order valence-corrected chi connectivity index (χ0v) is 13.7. The molecule has 0 aliphatic heterocycles. The Kier molecular flexibility index (Phi) is 3.32. The van der Waals surface area contributed by atoms with E-state index in [4.69, 9.17) is 0 Å². The Labute approximate surface area is 133 Å². The van der Waals surface area contributed by atoms with Gasteiger partial charge >= 0.3 is 0 Å². The van der Waals surface area contributed by atoms with E-state index in [0.717, 1.165) is 32.1 Å². The fourth-order valence-corrected chi connectivity index (χ4v) is 6.90. The summed E-state index contributed by atoms with van der Waals surface area (Å²) in [5, 5.41) is 30.2. The molecule has 3 N–H and O–H groups in total. The second-order valence-corrected chi connectivity index (χ2v) is 8.76. The maximum Gasteiger partial charge on any atom is 0.281 e. The van der Waals surface area contributed by atoms with Crippen molar-refractivity contribution in [3.63, 3.8) is 0 Å². The van der Waals surface area contributed by atoms with Crippen LogP contribution >= 0.6 is 0 Å². The van der Waals surface area contributed by atoms with Crippen molar-refractivity contribution in [2.45, 2.75) is 70.7 Å². The van der Waals surface area contributed by atoms with Crippen molar-refractivity contribution in [2.75, 3.05) is 0 Å². The number of hydrogen-bond donors (Lipinski definition) is 3. The Balaban J connectivity index is 1.72. The molecular weight excluding hydrogens is 276 g/mol. The normalized spacial score (nSPS) is 51.1. The van der Waals surface area contributed by atoms with Gasteiger partial charge in [-0.2, -0.15) is 0 Å². The monoisotopic (exact) mass is 306 g/mol. The smallest absolute Gasteiger partial charge is 0.281 e. The SMILES string of the molecule is C[C@]12CCCCC1C=C[C@H]1[C@@H]3CCC[C@@]3(C(O)(O)O)CC[C@@H]12. The fraction of sp³-hybridized carbons (Fsp3) is 0.895. The van der Waals surface area contributed by atoms with E-state index < -0.39 is 11.4 Å². The summed E-state index contributed by atoms with van der Waals surface area (Å²) in [4.78, 5) is 0. The molecule has 0 aromatic heterocycles. The fourth-order valence-electron chi connectivity index (χ4n) is 6.90. The highest BCUT2D eigenvalue weighted by molar-refractivity contribution is 5.18. The van der Waals surface area contributed by atoms with Crippen LogP contribution in [-0.2, 0) is 0 Å². The van der Waals surface area contributed by atoms with Gasteiger partial charge in [-0.1, -0.05) is 38.3 Å². The molecule has 22 heavy (non-hydrogen) atoms. The Hall–Kier alpha value is -0.380. The highest BCUT2D eigenvalue weighted by atomic mass is 16.7. The minimum absolute atomic E-state index is 0.224. The van der Waals surface area contributed by atoms with Crippen LogP contribution < -0.4 is 0 Å². The van der Waals surface area contributed by atoms with E-state index in [-0.39, 0.29) is 5.92 Å². The Morgan fingerprint density at radius 3 is 2.45 bits per heavy atom. The maximum atomic E-state index is 10.1. The molecule has 3 saturated carbocycles. The molecule has 4 aliphatic carbocycles. The Bertz CT molecular complexity index is 480. The van der Waals surface area contributed by atoms with Crippen LogP contribution in [-0.4, -0.2) is 21.3 Å². The molecule has 0 bridgehead atoms. The van der Waals surface area contributed by atoms with Crippen molar-refractivity contribution in [1.82, 2.24) is 0 Å². The third-order valence-electron chi connectivity index (χ3n) is 8.09. The molecule has 4 aliphatic rings. The molecule has 0 aromatic carbocycles. The topological polar surface area (TPSA) is 60.7 Å². The third-order valence-corrected chi connectivity index (χ3v) is 8.09. The Morgan fingerprint density at radius 2 is 1.68 bits per heavy atom. The van der Waals surface area contributed by atoms with E-state index in [1.165, 1.54) is 25.7 Å². The first-order valence-electron chi connectivity index (χ1n) is 9.24. The van der Waals surface area contributed by atoms with E-state index in [1.54, 1.807) is 0 Å². The van der Waals surface area contributed by atoms with Crippen LogP contribution in [0.2, 0.25) is 0 Å². The lowest BCUT2D eigenvalue weighted by Crippen LogP contribution is -2.58. The summed E-state index contributed by atoms with van der Waals surface area (Å²) in [6.07, 6.45) is 14.7. The molecule has 0 heterocycles. The van der Waals surface area contributed by atoms with Crippen molar-refractivity contribution >= 4 is 0 Å². The van der Waals surface area contributed by atoms with Crippen LogP contribution in [0.15, 0.2) is 12.2 Å². The van der Waals surface area contributed by atoms with Gasteiger partial charge in [0.05, 0.1) is 5.41 Å². The van der Waals surface area contributed by atoms with Crippen LogP contribution in [0, 0.1) is 34.5 Å². The van der Waals surface area contributed by atoms with Gasteiger partial charge in [-0.25, -0.2) is 0 Å². The summed E-state index contributed by atoms with van der Waals surface area (Å²) in [7, 11) is 0. The van der Waals surface area contributed by atoms with E-state index in [1.807, 2.05) is 0 Å². The average Bonchev–Trinajstić information content (AvgIpc) is 2.91. The average molecular weight is 306 g/mol. The largest absolute Gasteiger partial charge is 0.343 e.